The van der Waals surface area contributed by atoms with Crippen LogP contribution in [0.25, 0.3) is 10.9 Å². The average Bonchev–Trinajstić information content (AvgIpc) is 3.11. The number of aromatic nitrogens is 1. The Morgan fingerprint density at radius 2 is 1.83 bits per heavy atom. The second-order valence-electron chi connectivity index (χ2n) is 7.21. The van der Waals surface area contributed by atoms with Gasteiger partial charge in [0.25, 0.3) is 11.8 Å². The molecule has 2 amide bonds. The zero-order valence-electron chi connectivity index (χ0n) is 16.0. The van der Waals surface area contributed by atoms with E-state index in [1.807, 2.05) is 12.1 Å². The van der Waals surface area contributed by atoms with E-state index in [0.717, 1.165) is 30.2 Å². The first-order valence-electron chi connectivity index (χ1n) is 9.67. The van der Waals surface area contributed by atoms with Crippen LogP contribution in [0.4, 0.5) is 4.39 Å². The van der Waals surface area contributed by atoms with Gasteiger partial charge >= 0.3 is 0 Å². The number of aromatic amines is 1. The van der Waals surface area contributed by atoms with E-state index in [4.69, 9.17) is 4.74 Å². The molecule has 7 heteroatoms. The zero-order valence-corrected chi connectivity index (χ0v) is 16.0. The summed E-state index contributed by atoms with van der Waals surface area (Å²) < 4.78 is 18.4. The van der Waals surface area contributed by atoms with E-state index >= 15 is 0 Å². The molecular weight excluding hydrogens is 373 g/mol. The second-order valence-corrected chi connectivity index (χ2v) is 7.21. The van der Waals surface area contributed by atoms with Crippen LogP contribution in [0.1, 0.15) is 41.4 Å². The minimum atomic E-state index is -0.861. The molecule has 3 N–H and O–H groups in total. The smallest absolute Gasteiger partial charge is 0.279 e. The maximum absolute atomic E-state index is 12.9. The van der Waals surface area contributed by atoms with Gasteiger partial charge in [-0.2, -0.15) is 0 Å². The molecule has 1 atom stereocenters. The molecule has 0 fully saturated rings. The van der Waals surface area contributed by atoms with Crippen LogP contribution >= 0.6 is 0 Å². The molecule has 0 bridgehead atoms. The summed E-state index contributed by atoms with van der Waals surface area (Å²) in [4.78, 5) is 28.1. The van der Waals surface area contributed by atoms with Crippen molar-refractivity contribution in [3.8, 4) is 5.75 Å². The molecule has 0 radical (unpaired) electrons. The molecule has 0 aliphatic heterocycles. The van der Waals surface area contributed by atoms with E-state index in [2.05, 4.69) is 15.8 Å². The number of carbonyl (C=O) groups excluding carboxylic acids is 2. The van der Waals surface area contributed by atoms with Crippen molar-refractivity contribution in [2.24, 2.45) is 0 Å². The molecule has 150 valence electrons. The lowest BCUT2D eigenvalue weighted by atomic mass is 9.95. The molecule has 1 unspecified atom stereocenters. The van der Waals surface area contributed by atoms with Crippen molar-refractivity contribution in [2.75, 3.05) is 0 Å². The van der Waals surface area contributed by atoms with Crippen LogP contribution in [0.2, 0.25) is 0 Å². The fraction of sp³-hybridized carbons (Fsp3) is 0.273. The van der Waals surface area contributed by atoms with E-state index in [0.29, 0.717) is 11.3 Å². The molecule has 1 aliphatic carbocycles. The quantitative estimate of drug-likeness (QED) is 0.592. The molecule has 0 saturated heterocycles. The summed E-state index contributed by atoms with van der Waals surface area (Å²) in [7, 11) is 0. The van der Waals surface area contributed by atoms with Gasteiger partial charge in [0.2, 0.25) is 0 Å². The van der Waals surface area contributed by atoms with Gasteiger partial charge < -0.3 is 9.72 Å². The summed E-state index contributed by atoms with van der Waals surface area (Å²) in [6, 6.07) is 10.8. The number of aryl methyl sites for hydroxylation is 2. The van der Waals surface area contributed by atoms with Gasteiger partial charge in [-0.05, 0) is 80.6 Å². The molecule has 6 nitrogen and oxygen atoms in total. The van der Waals surface area contributed by atoms with Gasteiger partial charge in [0.1, 0.15) is 11.6 Å². The van der Waals surface area contributed by atoms with Gasteiger partial charge in [0.15, 0.2) is 6.10 Å². The van der Waals surface area contributed by atoms with Crippen LogP contribution in [-0.2, 0) is 17.6 Å². The number of benzene rings is 2. The van der Waals surface area contributed by atoms with Gasteiger partial charge in [-0.1, -0.05) is 0 Å². The van der Waals surface area contributed by atoms with Gasteiger partial charge in [0.05, 0.1) is 0 Å². The van der Waals surface area contributed by atoms with E-state index < -0.39 is 17.9 Å². The molecule has 1 aliphatic rings. The first-order chi connectivity index (χ1) is 14.0. The predicted molar refractivity (Wildman–Crippen MR) is 107 cm³/mol. The highest BCUT2D eigenvalue weighted by Gasteiger charge is 2.18. The number of fused-ring (bicyclic) bond motifs is 3. The zero-order chi connectivity index (χ0) is 20.4. The van der Waals surface area contributed by atoms with Crippen LogP contribution in [0.15, 0.2) is 42.5 Å². The molecule has 4 rings (SSSR count). The van der Waals surface area contributed by atoms with Gasteiger partial charge in [-0.3, -0.25) is 20.4 Å². The van der Waals surface area contributed by atoms with E-state index in [9.17, 15) is 14.0 Å². The minimum absolute atomic E-state index is 0.364. The van der Waals surface area contributed by atoms with Crippen molar-refractivity contribution < 1.29 is 18.7 Å². The largest absolute Gasteiger partial charge is 0.481 e. The number of carbonyl (C=O) groups is 2. The number of hydrogen-bond acceptors (Lipinski definition) is 3. The Hall–Kier alpha value is -3.35. The van der Waals surface area contributed by atoms with Crippen molar-refractivity contribution in [1.82, 2.24) is 15.8 Å². The Bertz CT molecular complexity index is 1060. The predicted octanol–water partition coefficient (Wildman–Crippen LogP) is 3.41. The Kier molecular flexibility index (Phi) is 5.20. The minimum Gasteiger partial charge on any atom is -0.481 e. The molecule has 0 spiro atoms. The summed E-state index contributed by atoms with van der Waals surface area (Å²) in [6.45, 7) is 1.54. The van der Waals surface area contributed by atoms with Gasteiger partial charge in [-0.15, -0.1) is 0 Å². The SMILES string of the molecule is CC(Oc1ccc(F)cc1)C(=O)NNC(=O)c1ccc2[nH]c3c(c2c1)CCCC3. The lowest BCUT2D eigenvalue weighted by Crippen LogP contribution is -2.47. The number of amides is 2. The standard InChI is InChI=1S/C22H22FN3O3/c1-13(29-16-9-7-15(23)8-10-16)21(27)25-26-22(28)14-6-11-20-18(12-14)17-4-2-3-5-19(17)24-20/h6-13,24H,2-5H2,1H3,(H,25,27)(H,26,28). The fourth-order valence-electron chi connectivity index (χ4n) is 3.61. The number of hydrogen-bond donors (Lipinski definition) is 3. The normalized spacial score (nSPS) is 14.1. The van der Waals surface area contributed by atoms with E-state index in [-0.39, 0.29) is 5.82 Å². The number of ether oxygens (including phenoxy) is 1. The first-order valence-corrected chi connectivity index (χ1v) is 9.67. The van der Waals surface area contributed by atoms with E-state index in [1.165, 1.54) is 41.9 Å². The Labute approximate surface area is 167 Å². The summed E-state index contributed by atoms with van der Waals surface area (Å²) >= 11 is 0. The van der Waals surface area contributed by atoms with E-state index in [1.54, 1.807) is 13.0 Å². The Morgan fingerprint density at radius 3 is 2.62 bits per heavy atom. The molecule has 0 saturated carbocycles. The maximum atomic E-state index is 12.9. The topological polar surface area (TPSA) is 83.2 Å². The molecule has 1 aromatic heterocycles. The van der Waals surface area contributed by atoms with Crippen molar-refractivity contribution in [3.05, 3.63) is 65.1 Å². The van der Waals surface area contributed by atoms with Crippen molar-refractivity contribution in [2.45, 2.75) is 38.7 Å². The monoisotopic (exact) mass is 395 g/mol. The highest BCUT2D eigenvalue weighted by Crippen LogP contribution is 2.29. The third kappa shape index (κ3) is 4.08. The summed E-state index contributed by atoms with van der Waals surface area (Å²) in [5.41, 5.74) is 8.83. The molecule has 1 heterocycles. The summed E-state index contributed by atoms with van der Waals surface area (Å²) in [5, 5.41) is 1.06. The highest BCUT2D eigenvalue weighted by molar-refractivity contribution is 6.00. The molecule has 29 heavy (non-hydrogen) atoms. The summed E-state index contributed by atoms with van der Waals surface area (Å²) in [6.07, 6.45) is 3.51. The Balaban J connectivity index is 1.38. The molecular formula is C22H22FN3O3. The fourth-order valence-corrected chi connectivity index (χ4v) is 3.61. The first kappa shape index (κ1) is 19.0. The average molecular weight is 395 g/mol. The molecule has 3 aromatic rings. The third-order valence-corrected chi connectivity index (χ3v) is 5.16. The van der Waals surface area contributed by atoms with Crippen LogP contribution in [0.5, 0.6) is 5.75 Å². The lowest BCUT2D eigenvalue weighted by Gasteiger charge is -2.15. The number of halogens is 1. The maximum Gasteiger partial charge on any atom is 0.279 e. The highest BCUT2D eigenvalue weighted by atomic mass is 19.1. The number of hydrazine groups is 1. The van der Waals surface area contributed by atoms with Gasteiger partial charge in [0, 0.05) is 22.2 Å². The van der Waals surface area contributed by atoms with Crippen molar-refractivity contribution >= 4 is 22.7 Å². The van der Waals surface area contributed by atoms with Crippen LogP contribution < -0.4 is 15.6 Å². The van der Waals surface area contributed by atoms with Crippen LogP contribution in [0, 0.1) is 5.82 Å². The van der Waals surface area contributed by atoms with Crippen LogP contribution in [0.3, 0.4) is 0 Å². The molecule has 2 aromatic carbocycles. The third-order valence-electron chi connectivity index (χ3n) is 5.16. The number of nitrogens with one attached hydrogen (secondary N) is 3. The lowest BCUT2D eigenvalue weighted by molar-refractivity contribution is -0.128. The van der Waals surface area contributed by atoms with Crippen molar-refractivity contribution in [1.29, 1.82) is 0 Å². The van der Waals surface area contributed by atoms with Gasteiger partial charge in [-0.25, -0.2) is 4.39 Å². The second kappa shape index (κ2) is 7.95. The van der Waals surface area contributed by atoms with Crippen molar-refractivity contribution in [3.63, 3.8) is 0 Å². The van der Waals surface area contributed by atoms with Crippen LogP contribution in [-0.4, -0.2) is 22.9 Å². The number of rotatable bonds is 4. The Morgan fingerprint density at radius 1 is 1.07 bits per heavy atom. The summed E-state index contributed by atoms with van der Waals surface area (Å²) in [5.74, 6) is -0.937. The number of H-pyrrole nitrogens is 1.